The molecule has 2 saturated heterocycles. The van der Waals surface area contributed by atoms with Crippen LogP contribution in [0, 0.1) is 26.7 Å². The van der Waals surface area contributed by atoms with Crippen LogP contribution in [0.15, 0.2) is 70.5 Å². The summed E-state index contributed by atoms with van der Waals surface area (Å²) < 4.78 is 3.54. The number of hydrogen-bond acceptors (Lipinski definition) is 11. The number of H-pyrrole nitrogens is 1. The highest BCUT2D eigenvalue weighted by atomic mass is 35.5. The number of carbonyl (C=O) groups is 1. The molecule has 14 nitrogen and oxygen atoms in total. The predicted octanol–water partition coefficient (Wildman–Crippen LogP) is 7.18. The van der Waals surface area contributed by atoms with E-state index < -0.39 is 11.7 Å². The summed E-state index contributed by atoms with van der Waals surface area (Å²) >= 11 is 8.00. The molecule has 3 aromatic heterocycles. The van der Waals surface area contributed by atoms with Crippen LogP contribution in [0.2, 0.25) is 5.02 Å². The van der Waals surface area contributed by atoms with Gasteiger partial charge in [0.15, 0.2) is 11.6 Å². The Labute approximate surface area is 381 Å². The molecule has 0 radical (unpaired) electrons. The Morgan fingerprint density at radius 2 is 1.59 bits per heavy atom. The summed E-state index contributed by atoms with van der Waals surface area (Å²) in [7, 11) is 0. The minimum atomic E-state index is -0.476. The second-order valence-electron chi connectivity index (χ2n) is 16.7. The van der Waals surface area contributed by atoms with E-state index in [0.29, 0.717) is 40.0 Å². The first-order chi connectivity index (χ1) is 29.9. The van der Waals surface area contributed by atoms with E-state index in [1.54, 1.807) is 17.4 Å². The van der Waals surface area contributed by atoms with Crippen molar-refractivity contribution in [3.05, 3.63) is 121 Å². The third-order valence-corrected chi connectivity index (χ3v) is 14.2. The van der Waals surface area contributed by atoms with Crippen molar-refractivity contribution in [2.24, 2.45) is 10.9 Å². The lowest BCUT2D eigenvalue weighted by atomic mass is 9.95. The van der Waals surface area contributed by atoms with Gasteiger partial charge < -0.3 is 20.0 Å². The largest absolute Gasteiger partial charge is 0.508 e. The van der Waals surface area contributed by atoms with Crippen molar-refractivity contribution >= 4 is 47.0 Å². The molecular weight excluding hydrogens is 860 g/mol. The first-order valence-electron chi connectivity index (χ1n) is 21.4. The first kappa shape index (κ1) is 44.3. The third kappa shape index (κ3) is 8.81. The number of aromatic nitrogens is 6. The quantitative estimate of drug-likeness (QED) is 0.129. The van der Waals surface area contributed by atoms with Crippen molar-refractivity contribution in [1.82, 2.24) is 44.2 Å². The zero-order valence-corrected chi connectivity index (χ0v) is 38.2. The molecule has 0 saturated carbocycles. The van der Waals surface area contributed by atoms with Gasteiger partial charge in [-0.05, 0) is 93.0 Å². The highest BCUT2D eigenvalue weighted by Gasteiger charge is 2.34. The number of nitrogens with zero attached hydrogens (tertiary/aromatic N) is 9. The topological polar surface area (TPSA) is 161 Å². The molecule has 0 spiro atoms. The standard InChI is InChI=1S/C46H51ClN10O4S.ClH/c1-5-32-22-36(39(59)24-38(32)58)43-50-52-46(61)57(43)35-12-6-30(7-13-35)25-53-18-20-54(21-19-53)26-31-14-16-55(17-15-31)40(60)23-37-44-51-49-29(4)56(44)45-41(27(2)28(3)62-45)42(48-37)33-8-10-34(47)11-9-33;/h6-13,22,24,31,37,58-59H,5,14-21,23,25-26H2,1-4H3,(H,52,61);1H/t37-;/m0./s1. The first-order valence-corrected chi connectivity index (χ1v) is 22.6. The SMILES string of the molecule is CCc1cc(-c2n[nH]c(=O)n2-c2ccc(CN3CCN(CC4CCN(C(=O)C[C@@H]5N=C(c6ccc(Cl)cc6)c6c(sc(C)c6C)-n6c(C)nnc65)CC4)CC3)cc2)c(O)cc1O.Cl. The van der Waals surface area contributed by atoms with Crippen LogP contribution in [-0.2, 0) is 17.8 Å². The van der Waals surface area contributed by atoms with Crippen LogP contribution in [0.25, 0.3) is 22.1 Å². The lowest BCUT2D eigenvalue weighted by Crippen LogP contribution is -2.48. The third-order valence-electron chi connectivity index (χ3n) is 12.8. The van der Waals surface area contributed by atoms with Crippen molar-refractivity contribution in [2.75, 3.05) is 45.8 Å². The minimum absolute atomic E-state index is 0. The lowest BCUT2D eigenvalue weighted by molar-refractivity contribution is -0.133. The summed E-state index contributed by atoms with van der Waals surface area (Å²) in [5, 5.41) is 38.3. The fourth-order valence-corrected chi connectivity index (χ4v) is 10.4. The van der Waals surface area contributed by atoms with Gasteiger partial charge in [0, 0.05) is 79.5 Å². The van der Waals surface area contributed by atoms with E-state index in [4.69, 9.17) is 16.6 Å². The van der Waals surface area contributed by atoms with E-state index in [9.17, 15) is 19.8 Å². The normalized spacial score (nSPS) is 17.2. The van der Waals surface area contributed by atoms with Gasteiger partial charge in [0.05, 0.1) is 23.4 Å². The molecule has 3 N–H and O–H groups in total. The highest BCUT2D eigenvalue weighted by molar-refractivity contribution is 7.15. The Balaban J connectivity index is 0.00000544. The molecule has 63 heavy (non-hydrogen) atoms. The van der Waals surface area contributed by atoms with Gasteiger partial charge in [0.1, 0.15) is 28.4 Å². The summed E-state index contributed by atoms with van der Waals surface area (Å²) in [6, 6.07) is 18.1. The number of likely N-dealkylation sites (tertiary alicyclic amines) is 1. The molecule has 2 fully saturated rings. The molecule has 3 aliphatic heterocycles. The summed E-state index contributed by atoms with van der Waals surface area (Å²) in [5.41, 5.74) is 6.43. The van der Waals surface area contributed by atoms with E-state index in [0.717, 1.165) is 98.4 Å². The monoisotopic (exact) mass is 910 g/mol. The molecule has 9 rings (SSSR count). The van der Waals surface area contributed by atoms with Crippen LogP contribution in [0.5, 0.6) is 11.5 Å². The average Bonchev–Trinajstić information content (AvgIpc) is 3.91. The number of amides is 1. The maximum absolute atomic E-state index is 14.0. The van der Waals surface area contributed by atoms with Crippen LogP contribution in [0.1, 0.15) is 76.6 Å². The van der Waals surface area contributed by atoms with Crippen LogP contribution in [0.3, 0.4) is 0 Å². The fourth-order valence-electron chi connectivity index (χ4n) is 9.10. The second-order valence-corrected chi connectivity index (χ2v) is 18.4. The number of aryl methyl sites for hydroxylation is 3. The molecule has 3 aromatic carbocycles. The summed E-state index contributed by atoms with van der Waals surface area (Å²) in [5.74, 6) is 2.25. The Morgan fingerprint density at radius 1 is 0.889 bits per heavy atom. The van der Waals surface area contributed by atoms with Gasteiger partial charge in [-0.25, -0.2) is 14.5 Å². The number of piperidine rings is 1. The minimum Gasteiger partial charge on any atom is -0.508 e. The van der Waals surface area contributed by atoms with E-state index in [-0.39, 0.29) is 42.1 Å². The number of thiophene rings is 1. The average molecular weight is 912 g/mol. The summed E-state index contributed by atoms with van der Waals surface area (Å²) in [4.78, 5) is 40.5. The zero-order chi connectivity index (χ0) is 43.2. The van der Waals surface area contributed by atoms with Gasteiger partial charge in [-0.15, -0.1) is 33.9 Å². The summed E-state index contributed by atoms with van der Waals surface area (Å²) in [6.45, 7) is 15.3. The van der Waals surface area contributed by atoms with Crippen molar-refractivity contribution in [2.45, 2.75) is 66.0 Å². The van der Waals surface area contributed by atoms with Gasteiger partial charge in [0.2, 0.25) is 5.91 Å². The van der Waals surface area contributed by atoms with Gasteiger partial charge >= 0.3 is 5.69 Å². The summed E-state index contributed by atoms with van der Waals surface area (Å²) in [6.07, 6.45) is 2.74. The molecule has 3 aliphatic rings. The van der Waals surface area contributed by atoms with Crippen molar-refractivity contribution in [1.29, 1.82) is 0 Å². The van der Waals surface area contributed by atoms with Crippen molar-refractivity contribution < 1.29 is 15.0 Å². The number of piperazine rings is 1. The molecule has 0 unspecified atom stereocenters. The molecule has 17 heteroatoms. The van der Waals surface area contributed by atoms with Crippen LogP contribution < -0.4 is 5.69 Å². The van der Waals surface area contributed by atoms with Gasteiger partial charge in [-0.2, -0.15) is 5.10 Å². The Hall–Kier alpha value is -5.32. The predicted molar refractivity (Wildman–Crippen MR) is 248 cm³/mol. The maximum atomic E-state index is 14.0. The lowest BCUT2D eigenvalue weighted by Gasteiger charge is -2.39. The maximum Gasteiger partial charge on any atom is 0.348 e. The fraction of sp³-hybridized carbons (Fsp3) is 0.391. The number of phenols is 2. The van der Waals surface area contributed by atoms with Gasteiger partial charge in [-0.1, -0.05) is 42.8 Å². The number of aromatic hydroxyl groups is 2. The molecule has 0 bridgehead atoms. The van der Waals surface area contributed by atoms with Gasteiger partial charge in [0.25, 0.3) is 0 Å². The number of benzene rings is 3. The van der Waals surface area contributed by atoms with Crippen LogP contribution >= 0.6 is 35.3 Å². The number of carbonyl (C=O) groups excluding carboxylic acids is 1. The smallest absolute Gasteiger partial charge is 0.348 e. The van der Waals surface area contributed by atoms with Gasteiger partial charge in [-0.3, -0.25) is 19.3 Å². The molecule has 1 atom stereocenters. The number of hydrogen-bond donors (Lipinski definition) is 3. The molecule has 1 amide bonds. The van der Waals surface area contributed by atoms with E-state index in [1.165, 1.54) is 21.1 Å². The number of halogens is 2. The molecule has 330 valence electrons. The van der Waals surface area contributed by atoms with Crippen molar-refractivity contribution in [3.63, 3.8) is 0 Å². The van der Waals surface area contributed by atoms with Crippen LogP contribution in [0.4, 0.5) is 0 Å². The van der Waals surface area contributed by atoms with E-state index in [1.807, 2.05) is 67.3 Å². The van der Waals surface area contributed by atoms with E-state index in [2.05, 4.69) is 48.6 Å². The highest BCUT2D eigenvalue weighted by Crippen LogP contribution is 2.40. The number of nitrogens with one attached hydrogen (secondary N) is 1. The number of aromatic amines is 1. The number of rotatable bonds is 10. The van der Waals surface area contributed by atoms with Crippen LogP contribution in [-0.4, -0.2) is 112 Å². The number of aliphatic imine (C=N–C) groups is 1. The Kier molecular flexibility index (Phi) is 12.9. The molecule has 6 aromatic rings. The zero-order valence-electron chi connectivity index (χ0n) is 35.8. The number of fused-ring (bicyclic) bond motifs is 3. The Morgan fingerprint density at radius 3 is 2.29 bits per heavy atom. The molecule has 6 heterocycles. The van der Waals surface area contributed by atoms with Crippen molar-refractivity contribution in [3.8, 4) is 33.6 Å². The molecular formula is C46H52Cl2N10O4S. The Bertz CT molecular complexity index is 2710. The number of phenolic OH excluding ortho intramolecular Hbond substituents is 2. The molecule has 0 aliphatic carbocycles. The van der Waals surface area contributed by atoms with E-state index >= 15 is 0 Å². The second kappa shape index (κ2) is 18.4.